The number of carboxylic acid groups (broad SMARTS) is 4. The number of carbonyl (C=O) groups is 2. The lowest BCUT2D eigenvalue weighted by Crippen LogP contribution is -2.25. The summed E-state index contributed by atoms with van der Waals surface area (Å²) in [7, 11) is 8.23. The van der Waals surface area contributed by atoms with Crippen molar-refractivity contribution in [2.45, 2.75) is 0 Å². The number of hydrogen-bond acceptors (Lipinski definition) is 4. The zero-order chi connectivity index (χ0) is 22.8. The van der Waals surface area contributed by atoms with Crippen molar-refractivity contribution in [3.05, 3.63) is 61.2 Å². The molecule has 0 aliphatic heterocycles. The van der Waals surface area contributed by atoms with Crippen molar-refractivity contribution in [1.29, 1.82) is 0 Å². The van der Waals surface area contributed by atoms with E-state index in [2.05, 4.69) is 108 Å². The first-order chi connectivity index (χ1) is 14.0. The van der Waals surface area contributed by atoms with Crippen LogP contribution in [0.4, 0.5) is 9.59 Å². The van der Waals surface area contributed by atoms with Crippen LogP contribution in [0, 0.1) is 0 Å². The van der Waals surface area contributed by atoms with Crippen LogP contribution >= 0.6 is 0 Å². The average molecular weight is 416 g/mol. The Balaban J connectivity index is 0.000000224. The zero-order valence-electron chi connectivity index (χ0n) is 17.1. The van der Waals surface area contributed by atoms with Crippen molar-refractivity contribution in [3.8, 4) is 0 Å². The summed E-state index contributed by atoms with van der Waals surface area (Å²) in [6, 6.07) is 16.7. The minimum atomic E-state index is -2.08. The van der Waals surface area contributed by atoms with Crippen LogP contribution < -0.4 is 19.3 Å². The molecule has 0 aliphatic rings. The van der Waals surface area contributed by atoms with Gasteiger partial charge in [-0.3, -0.25) is 0 Å². The third-order valence-electron chi connectivity index (χ3n) is 3.98. The van der Waals surface area contributed by atoms with Gasteiger partial charge >= 0.3 is 0 Å². The molecule has 0 atom stereocenters. The molecule has 10 nitrogen and oxygen atoms in total. The van der Waals surface area contributed by atoms with Crippen molar-refractivity contribution in [1.82, 2.24) is 9.13 Å². The Kier molecular flexibility index (Phi) is 8.83. The SMILES string of the molecule is Cn1c[n+](C)c2ccccc21.Cn1c[n+](C)c2ccccc21.O=C([O-])O.O=C([O-])O. The highest BCUT2D eigenvalue weighted by Gasteiger charge is 2.07. The van der Waals surface area contributed by atoms with Gasteiger partial charge in [0, 0.05) is 0 Å². The van der Waals surface area contributed by atoms with Crippen LogP contribution in [0.3, 0.4) is 0 Å². The summed E-state index contributed by atoms with van der Waals surface area (Å²) in [6.07, 6.45) is -0.0185. The number of rotatable bonds is 0. The van der Waals surface area contributed by atoms with E-state index in [0.717, 1.165) is 0 Å². The second-order valence-electron chi connectivity index (χ2n) is 6.18. The van der Waals surface area contributed by atoms with E-state index in [4.69, 9.17) is 30.0 Å². The Hall–Kier alpha value is -4.08. The normalized spacial score (nSPS) is 9.47. The third kappa shape index (κ3) is 7.15. The van der Waals surface area contributed by atoms with E-state index < -0.39 is 12.3 Å². The number of nitrogens with zero attached hydrogens (tertiary/aromatic N) is 4. The number of hydrogen-bond donors (Lipinski definition) is 2. The van der Waals surface area contributed by atoms with Gasteiger partial charge in [0.15, 0.2) is 22.1 Å². The average Bonchev–Trinajstić information content (AvgIpc) is 3.11. The summed E-state index contributed by atoms with van der Waals surface area (Å²) in [5.41, 5.74) is 5.09. The Morgan fingerprint density at radius 2 is 1.00 bits per heavy atom. The molecule has 160 valence electrons. The highest BCUT2D eigenvalue weighted by molar-refractivity contribution is 5.71. The summed E-state index contributed by atoms with van der Waals surface area (Å²) >= 11 is 0. The molecule has 30 heavy (non-hydrogen) atoms. The predicted molar refractivity (Wildman–Crippen MR) is 104 cm³/mol. The fraction of sp³-hybridized carbons (Fsp3) is 0.200. The third-order valence-corrected chi connectivity index (χ3v) is 3.98. The topological polar surface area (TPSA) is 138 Å². The number of benzene rings is 2. The van der Waals surface area contributed by atoms with E-state index in [9.17, 15) is 0 Å². The molecule has 2 aromatic carbocycles. The van der Waals surface area contributed by atoms with Gasteiger partial charge in [0.1, 0.15) is 0 Å². The molecule has 0 fully saturated rings. The Bertz CT molecular complexity index is 963. The van der Waals surface area contributed by atoms with Crippen LogP contribution in [-0.2, 0) is 28.2 Å². The predicted octanol–water partition coefficient (Wildman–Crippen LogP) is -0.219. The minimum absolute atomic E-state index is 1.27. The highest BCUT2D eigenvalue weighted by Crippen LogP contribution is 2.08. The van der Waals surface area contributed by atoms with E-state index >= 15 is 0 Å². The standard InChI is InChI=1S/2C9H11N2.2CH2O3/c2*1-10-7-11(2)9-6-4-3-5-8(9)10;2*2-1(3)4/h2*3-7H,1-2H3;2*(H2,2,3,4)/q2*+1;;/p-2. The first-order valence-corrected chi connectivity index (χ1v) is 8.63. The summed E-state index contributed by atoms with van der Waals surface area (Å²) in [4.78, 5) is 16.9. The van der Waals surface area contributed by atoms with Crippen LogP contribution in [0.1, 0.15) is 0 Å². The number of fused-ring (bicyclic) bond motifs is 2. The maximum absolute atomic E-state index is 8.44. The second-order valence-corrected chi connectivity index (χ2v) is 6.18. The van der Waals surface area contributed by atoms with Gasteiger partial charge in [0.2, 0.25) is 25.0 Å². The van der Waals surface area contributed by atoms with Gasteiger partial charge < -0.3 is 30.0 Å². The Morgan fingerprint density at radius 1 is 0.733 bits per heavy atom. The Morgan fingerprint density at radius 3 is 1.27 bits per heavy atom. The molecule has 2 heterocycles. The van der Waals surface area contributed by atoms with Crippen molar-refractivity contribution in [2.75, 3.05) is 0 Å². The van der Waals surface area contributed by atoms with Gasteiger partial charge in [0.05, 0.1) is 28.2 Å². The maximum Gasteiger partial charge on any atom is 0.249 e. The van der Waals surface area contributed by atoms with Crippen LogP contribution in [0.15, 0.2) is 61.2 Å². The van der Waals surface area contributed by atoms with Crippen LogP contribution in [0.25, 0.3) is 22.1 Å². The first-order valence-electron chi connectivity index (χ1n) is 8.63. The van der Waals surface area contributed by atoms with Gasteiger partial charge in [-0.15, -0.1) is 0 Å². The molecule has 0 radical (unpaired) electrons. The smallest absolute Gasteiger partial charge is 0.249 e. The Labute approximate surface area is 172 Å². The molecule has 4 rings (SSSR count). The second kappa shape index (κ2) is 11.1. The summed E-state index contributed by atoms with van der Waals surface area (Å²) in [5, 5.41) is 30.6. The molecule has 0 amide bonds. The van der Waals surface area contributed by atoms with Crippen molar-refractivity contribution < 1.29 is 39.1 Å². The monoisotopic (exact) mass is 416 g/mol. The van der Waals surface area contributed by atoms with Gasteiger partial charge in [-0.1, -0.05) is 24.3 Å². The van der Waals surface area contributed by atoms with Crippen LogP contribution in [0.5, 0.6) is 0 Å². The molecular formula is C20H24N4O6. The van der Waals surface area contributed by atoms with Gasteiger partial charge in [-0.25, -0.2) is 18.3 Å². The summed E-state index contributed by atoms with van der Waals surface area (Å²) in [6.45, 7) is 0. The summed E-state index contributed by atoms with van der Waals surface area (Å²) in [5.74, 6) is 0. The fourth-order valence-corrected chi connectivity index (χ4v) is 2.89. The molecule has 0 aliphatic carbocycles. The van der Waals surface area contributed by atoms with Crippen molar-refractivity contribution >= 4 is 34.4 Å². The molecule has 2 N–H and O–H groups in total. The lowest BCUT2D eigenvalue weighted by molar-refractivity contribution is -0.645. The molecular weight excluding hydrogens is 392 g/mol. The lowest BCUT2D eigenvalue weighted by Gasteiger charge is -1.84. The molecule has 10 heteroatoms. The van der Waals surface area contributed by atoms with E-state index in [1.165, 1.54) is 22.1 Å². The molecule has 0 saturated heterocycles. The van der Waals surface area contributed by atoms with Crippen LogP contribution in [0.2, 0.25) is 0 Å². The quantitative estimate of drug-likeness (QED) is 0.380. The minimum Gasteiger partial charge on any atom is -0.565 e. The maximum atomic E-state index is 8.44. The largest absolute Gasteiger partial charge is 0.565 e. The number of aryl methyl sites for hydroxylation is 4. The van der Waals surface area contributed by atoms with E-state index in [1.807, 2.05) is 0 Å². The molecule has 4 aromatic rings. The number of aromatic nitrogens is 4. The summed E-state index contributed by atoms with van der Waals surface area (Å²) < 4.78 is 8.48. The highest BCUT2D eigenvalue weighted by atomic mass is 16.6. The fourth-order valence-electron chi connectivity index (χ4n) is 2.89. The number of para-hydroxylation sites is 4. The van der Waals surface area contributed by atoms with Gasteiger partial charge in [-0.2, -0.15) is 0 Å². The van der Waals surface area contributed by atoms with Gasteiger partial charge in [-0.05, 0) is 24.3 Å². The van der Waals surface area contributed by atoms with E-state index in [0.29, 0.717) is 0 Å². The van der Waals surface area contributed by atoms with E-state index in [1.54, 1.807) is 0 Å². The molecule has 0 saturated carbocycles. The van der Waals surface area contributed by atoms with E-state index in [-0.39, 0.29) is 0 Å². The van der Waals surface area contributed by atoms with Crippen molar-refractivity contribution in [3.63, 3.8) is 0 Å². The number of imidazole rings is 2. The lowest BCUT2D eigenvalue weighted by atomic mass is 10.3. The van der Waals surface area contributed by atoms with Crippen LogP contribution in [-0.4, -0.2) is 31.7 Å². The zero-order valence-corrected chi connectivity index (χ0v) is 17.1. The molecule has 0 spiro atoms. The molecule has 0 unspecified atom stereocenters. The molecule has 0 bridgehead atoms. The van der Waals surface area contributed by atoms with Crippen molar-refractivity contribution in [2.24, 2.45) is 28.2 Å². The molecule has 2 aromatic heterocycles. The van der Waals surface area contributed by atoms with Gasteiger partial charge in [0.25, 0.3) is 0 Å². The first kappa shape index (κ1) is 24.0.